The Kier molecular flexibility index (Phi) is 3.75. The van der Waals surface area contributed by atoms with E-state index in [9.17, 15) is 9.90 Å². The van der Waals surface area contributed by atoms with Crippen LogP contribution in [0.2, 0.25) is 0 Å². The Morgan fingerprint density at radius 2 is 2.05 bits per heavy atom. The van der Waals surface area contributed by atoms with E-state index in [0.29, 0.717) is 13.1 Å². The van der Waals surface area contributed by atoms with Crippen LogP contribution in [0.15, 0.2) is 42.6 Å². The van der Waals surface area contributed by atoms with Crippen LogP contribution in [0.5, 0.6) is 0 Å². The Labute approximate surface area is 123 Å². The zero-order chi connectivity index (χ0) is 14.8. The van der Waals surface area contributed by atoms with Crippen LogP contribution in [0, 0.1) is 11.8 Å². The van der Waals surface area contributed by atoms with Crippen LogP contribution in [0.1, 0.15) is 12.6 Å². The number of benzene rings is 1. The van der Waals surface area contributed by atoms with Gasteiger partial charge in [-0.25, -0.2) is 4.68 Å². The van der Waals surface area contributed by atoms with Crippen molar-refractivity contribution < 1.29 is 9.90 Å². The van der Waals surface area contributed by atoms with Gasteiger partial charge in [0.2, 0.25) is 0 Å². The number of para-hydroxylation sites is 1. The first kappa shape index (κ1) is 13.8. The van der Waals surface area contributed by atoms with Gasteiger partial charge in [-0.05, 0) is 24.1 Å². The molecule has 0 bridgehead atoms. The van der Waals surface area contributed by atoms with Gasteiger partial charge in [0, 0.05) is 25.8 Å². The van der Waals surface area contributed by atoms with Gasteiger partial charge in [-0.15, -0.1) is 0 Å². The van der Waals surface area contributed by atoms with Crippen molar-refractivity contribution >= 4 is 5.97 Å². The average molecular weight is 285 g/mol. The summed E-state index contributed by atoms with van der Waals surface area (Å²) >= 11 is 0. The van der Waals surface area contributed by atoms with Crippen LogP contribution in [-0.2, 0) is 11.3 Å². The molecule has 2 heterocycles. The van der Waals surface area contributed by atoms with Crippen LogP contribution >= 0.6 is 0 Å². The quantitative estimate of drug-likeness (QED) is 0.933. The molecule has 1 fully saturated rings. The van der Waals surface area contributed by atoms with E-state index >= 15 is 0 Å². The average Bonchev–Trinajstić information content (AvgIpc) is 3.07. The number of hydrogen-bond donors (Lipinski definition) is 1. The van der Waals surface area contributed by atoms with Gasteiger partial charge in [0.25, 0.3) is 0 Å². The normalized spacial score (nSPS) is 22.5. The van der Waals surface area contributed by atoms with Gasteiger partial charge in [-0.2, -0.15) is 5.10 Å². The monoisotopic (exact) mass is 285 g/mol. The first-order chi connectivity index (χ1) is 10.1. The van der Waals surface area contributed by atoms with Crippen molar-refractivity contribution in [3.8, 4) is 5.69 Å². The number of hydrogen-bond acceptors (Lipinski definition) is 3. The number of likely N-dealkylation sites (tertiary alicyclic amines) is 1. The second-order valence-electron chi connectivity index (χ2n) is 5.70. The number of nitrogens with zero attached hydrogens (tertiary/aromatic N) is 3. The van der Waals surface area contributed by atoms with Crippen LogP contribution in [0.4, 0.5) is 0 Å². The third-order valence-corrected chi connectivity index (χ3v) is 4.06. The van der Waals surface area contributed by atoms with E-state index in [2.05, 4.69) is 10.00 Å². The zero-order valence-corrected chi connectivity index (χ0v) is 12.0. The maximum absolute atomic E-state index is 11.2. The molecule has 1 aromatic heterocycles. The highest BCUT2D eigenvalue weighted by atomic mass is 16.4. The molecule has 2 atom stereocenters. The lowest BCUT2D eigenvalue weighted by Gasteiger charge is -2.13. The minimum atomic E-state index is -0.695. The van der Waals surface area contributed by atoms with Crippen LogP contribution in [0.3, 0.4) is 0 Å². The fourth-order valence-electron chi connectivity index (χ4n) is 2.92. The number of aliphatic carboxylic acids is 1. The van der Waals surface area contributed by atoms with Gasteiger partial charge in [0.05, 0.1) is 17.3 Å². The lowest BCUT2D eigenvalue weighted by atomic mass is 9.99. The lowest BCUT2D eigenvalue weighted by molar-refractivity contribution is -0.142. The topological polar surface area (TPSA) is 58.4 Å². The van der Waals surface area contributed by atoms with E-state index in [0.717, 1.165) is 17.9 Å². The Morgan fingerprint density at radius 1 is 1.29 bits per heavy atom. The number of rotatable bonds is 4. The van der Waals surface area contributed by atoms with Gasteiger partial charge in [0.15, 0.2) is 0 Å². The molecule has 0 amide bonds. The molecule has 5 heteroatoms. The molecule has 0 radical (unpaired) electrons. The number of carboxylic acid groups (broad SMARTS) is 1. The Balaban J connectivity index is 1.67. The fourth-order valence-corrected chi connectivity index (χ4v) is 2.92. The molecule has 1 aliphatic rings. The maximum Gasteiger partial charge on any atom is 0.308 e. The molecule has 2 aromatic rings. The highest BCUT2D eigenvalue weighted by Gasteiger charge is 2.34. The molecule has 3 rings (SSSR count). The molecule has 21 heavy (non-hydrogen) atoms. The molecule has 1 aliphatic heterocycles. The number of aromatic nitrogens is 2. The number of carboxylic acids is 1. The Bertz CT molecular complexity index is 623. The molecule has 1 saturated heterocycles. The Morgan fingerprint density at radius 3 is 2.71 bits per heavy atom. The first-order valence-corrected chi connectivity index (χ1v) is 7.18. The summed E-state index contributed by atoms with van der Waals surface area (Å²) in [5.41, 5.74) is 2.00. The molecule has 1 aromatic carbocycles. The third-order valence-electron chi connectivity index (χ3n) is 4.06. The molecule has 5 nitrogen and oxygen atoms in total. The second kappa shape index (κ2) is 5.69. The van der Waals surface area contributed by atoms with Crippen molar-refractivity contribution in [2.24, 2.45) is 11.8 Å². The molecule has 2 unspecified atom stereocenters. The van der Waals surface area contributed by atoms with Crippen LogP contribution in [0.25, 0.3) is 5.69 Å². The van der Waals surface area contributed by atoms with E-state index in [-0.39, 0.29) is 11.8 Å². The zero-order valence-electron chi connectivity index (χ0n) is 12.0. The third kappa shape index (κ3) is 2.97. The standard InChI is InChI=1S/C16H19N3O2/c1-12-9-18(11-15(12)16(20)21)10-13-7-8-19(17-13)14-5-3-2-4-6-14/h2-8,12,15H,9-11H2,1H3,(H,20,21). The van der Waals surface area contributed by atoms with Gasteiger partial charge in [0.1, 0.15) is 0 Å². The highest BCUT2D eigenvalue weighted by Crippen LogP contribution is 2.24. The van der Waals surface area contributed by atoms with Crippen molar-refractivity contribution in [3.05, 3.63) is 48.3 Å². The molecule has 1 N–H and O–H groups in total. The van der Waals surface area contributed by atoms with Crippen molar-refractivity contribution in [1.82, 2.24) is 14.7 Å². The predicted molar refractivity (Wildman–Crippen MR) is 79.1 cm³/mol. The smallest absolute Gasteiger partial charge is 0.308 e. The van der Waals surface area contributed by atoms with Gasteiger partial charge >= 0.3 is 5.97 Å². The highest BCUT2D eigenvalue weighted by molar-refractivity contribution is 5.71. The molecule has 110 valence electrons. The minimum Gasteiger partial charge on any atom is -0.481 e. The van der Waals surface area contributed by atoms with Gasteiger partial charge in [-0.1, -0.05) is 25.1 Å². The summed E-state index contributed by atoms with van der Waals surface area (Å²) in [4.78, 5) is 13.3. The summed E-state index contributed by atoms with van der Waals surface area (Å²) in [5.74, 6) is -0.764. The summed E-state index contributed by atoms with van der Waals surface area (Å²) < 4.78 is 1.85. The van der Waals surface area contributed by atoms with Gasteiger partial charge < -0.3 is 5.11 Å². The number of carbonyl (C=O) groups is 1. The largest absolute Gasteiger partial charge is 0.481 e. The van der Waals surface area contributed by atoms with E-state index in [1.165, 1.54) is 0 Å². The summed E-state index contributed by atoms with van der Waals surface area (Å²) in [6.07, 6.45) is 1.94. The predicted octanol–water partition coefficient (Wildman–Crippen LogP) is 2.02. The van der Waals surface area contributed by atoms with E-state index in [1.807, 2.05) is 54.2 Å². The first-order valence-electron chi connectivity index (χ1n) is 7.18. The van der Waals surface area contributed by atoms with Crippen molar-refractivity contribution in [3.63, 3.8) is 0 Å². The van der Waals surface area contributed by atoms with Crippen molar-refractivity contribution in [1.29, 1.82) is 0 Å². The summed E-state index contributed by atoms with van der Waals surface area (Å²) in [6.45, 7) is 4.12. The van der Waals surface area contributed by atoms with Crippen molar-refractivity contribution in [2.75, 3.05) is 13.1 Å². The summed E-state index contributed by atoms with van der Waals surface area (Å²) in [7, 11) is 0. The maximum atomic E-state index is 11.2. The van der Waals surface area contributed by atoms with E-state index in [1.54, 1.807) is 0 Å². The molecular weight excluding hydrogens is 266 g/mol. The molecular formula is C16H19N3O2. The fraction of sp³-hybridized carbons (Fsp3) is 0.375. The van der Waals surface area contributed by atoms with Crippen LogP contribution < -0.4 is 0 Å². The molecule has 0 spiro atoms. The van der Waals surface area contributed by atoms with Crippen LogP contribution in [-0.4, -0.2) is 38.8 Å². The minimum absolute atomic E-state index is 0.193. The Hall–Kier alpha value is -2.14. The summed E-state index contributed by atoms with van der Waals surface area (Å²) in [6, 6.07) is 12.0. The lowest BCUT2D eigenvalue weighted by Crippen LogP contribution is -2.23. The SMILES string of the molecule is CC1CN(Cc2ccn(-c3ccccc3)n2)CC1C(=O)O. The molecule has 0 saturated carbocycles. The van der Waals surface area contributed by atoms with Gasteiger partial charge in [-0.3, -0.25) is 9.69 Å². The van der Waals surface area contributed by atoms with E-state index < -0.39 is 5.97 Å². The summed E-state index contributed by atoms with van der Waals surface area (Å²) in [5, 5.41) is 13.7. The van der Waals surface area contributed by atoms with E-state index in [4.69, 9.17) is 0 Å². The molecule has 0 aliphatic carbocycles. The van der Waals surface area contributed by atoms with Crippen molar-refractivity contribution in [2.45, 2.75) is 13.5 Å². The second-order valence-corrected chi connectivity index (χ2v) is 5.70.